The Morgan fingerprint density at radius 2 is 1.50 bits per heavy atom. The van der Waals surface area contributed by atoms with Crippen molar-refractivity contribution in [3.8, 4) is 0 Å². The van der Waals surface area contributed by atoms with Gasteiger partial charge in [-0.25, -0.2) is 0 Å². The van der Waals surface area contributed by atoms with E-state index in [-0.39, 0.29) is 0 Å². The Morgan fingerprint density at radius 1 is 1.00 bits per heavy atom. The van der Waals surface area contributed by atoms with E-state index in [1.807, 2.05) is 19.1 Å². The van der Waals surface area contributed by atoms with Gasteiger partial charge in [-0.3, -0.25) is 0 Å². The molecule has 0 aliphatic heterocycles. The molecule has 1 aromatic carbocycles. The fourth-order valence-corrected chi connectivity index (χ4v) is 1.11. The third-order valence-corrected chi connectivity index (χ3v) is 1.99. The summed E-state index contributed by atoms with van der Waals surface area (Å²) in [6.45, 7) is 17.9. The van der Waals surface area contributed by atoms with Gasteiger partial charge in [0.1, 0.15) is 0 Å². The van der Waals surface area contributed by atoms with Crippen LogP contribution in [0.25, 0.3) is 5.57 Å². The van der Waals surface area contributed by atoms with Gasteiger partial charge in [0, 0.05) is 0 Å². The molecule has 1 aromatic rings. The van der Waals surface area contributed by atoms with E-state index in [1.54, 1.807) is 0 Å². The second kappa shape index (κ2) is 7.47. The third-order valence-electron chi connectivity index (χ3n) is 1.99. The van der Waals surface area contributed by atoms with Crippen molar-refractivity contribution >= 4 is 5.57 Å². The van der Waals surface area contributed by atoms with Crippen LogP contribution in [0.3, 0.4) is 0 Å². The van der Waals surface area contributed by atoms with Crippen molar-refractivity contribution in [1.82, 2.24) is 0 Å². The van der Waals surface area contributed by atoms with E-state index in [2.05, 4.69) is 57.5 Å². The molecule has 0 saturated heterocycles. The standard InChI is InChI=1S/C14H16.C2H4/c1-11(2)5-8-13(4)14-9-6-12(3)7-10-14;1-2/h5-10H,1,4H2,2-3H3;1-2H2/b8-5-;. The van der Waals surface area contributed by atoms with Crippen molar-refractivity contribution in [2.75, 3.05) is 0 Å². The second-order valence-corrected chi connectivity index (χ2v) is 3.57. The number of rotatable bonds is 3. The molecule has 84 valence electrons. The Kier molecular flexibility index (Phi) is 6.62. The van der Waals surface area contributed by atoms with Crippen molar-refractivity contribution in [2.45, 2.75) is 13.8 Å². The smallest absolute Gasteiger partial charge is 0.0190 e. The first-order valence-corrected chi connectivity index (χ1v) is 5.19. The molecule has 0 atom stereocenters. The monoisotopic (exact) mass is 212 g/mol. The highest BCUT2D eigenvalue weighted by molar-refractivity contribution is 5.72. The lowest BCUT2D eigenvalue weighted by Gasteiger charge is -2.00. The van der Waals surface area contributed by atoms with Gasteiger partial charge < -0.3 is 0 Å². The zero-order valence-corrected chi connectivity index (χ0v) is 10.3. The van der Waals surface area contributed by atoms with Gasteiger partial charge in [0.15, 0.2) is 0 Å². The number of aryl methyl sites for hydroxylation is 1. The largest absolute Gasteiger partial charge is 0.106 e. The summed E-state index contributed by atoms with van der Waals surface area (Å²) in [6.07, 6.45) is 3.97. The van der Waals surface area contributed by atoms with Gasteiger partial charge in [-0.05, 0) is 25.0 Å². The molecular weight excluding hydrogens is 192 g/mol. The minimum atomic E-state index is 1.02. The number of benzene rings is 1. The van der Waals surface area contributed by atoms with Crippen LogP contribution < -0.4 is 0 Å². The lowest BCUT2D eigenvalue weighted by atomic mass is 10.1. The van der Waals surface area contributed by atoms with Gasteiger partial charge in [-0.1, -0.05) is 60.7 Å². The quantitative estimate of drug-likeness (QED) is 0.491. The molecule has 0 aromatic heterocycles. The van der Waals surface area contributed by atoms with Gasteiger partial charge >= 0.3 is 0 Å². The predicted octanol–water partition coefficient (Wildman–Crippen LogP) is 4.94. The highest BCUT2D eigenvalue weighted by Gasteiger charge is 1.93. The fourth-order valence-electron chi connectivity index (χ4n) is 1.11. The molecule has 0 nitrogen and oxygen atoms in total. The van der Waals surface area contributed by atoms with Crippen molar-refractivity contribution in [3.63, 3.8) is 0 Å². The minimum Gasteiger partial charge on any atom is -0.106 e. The first-order valence-electron chi connectivity index (χ1n) is 5.19. The van der Waals surface area contributed by atoms with Crippen LogP contribution >= 0.6 is 0 Å². The molecule has 0 N–H and O–H groups in total. The zero-order valence-electron chi connectivity index (χ0n) is 10.3. The van der Waals surface area contributed by atoms with Gasteiger partial charge in [-0.2, -0.15) is 0 Å². The summed E-state index contributed by atoms with van der Waals surface area (Å²) in [6, 6.07) is 8.35. The van der Waals surface area contributed by atoms with Gasteiger partial charge in [0.05, 0.1) is 0 Å². The Morgan fingerprint density at radius 3 is 1.94 bits per heavy atom. The summed E-state index contributed by atoms with van der Waals surface area (Å²) in [4.78, 5) is 0. The Hall–Kier alpha value is -1.82. The molecule has 16 heavy (non-hydrogen) atoms. The number of hydrogen-bond donors (Lipinski definition) is 0. The molecule has 0 heterocycles. The second-order valence-electron chi connectivity index (χ2n) is 3.57. The maximum Gasteiger partial charge on any atom is -0.0190 e. The van der Waals surface area contributed by atoms with Crippen LogP contribution in [0.15, 0.2) is 68.3 Å². The van der Waals surface area contributed by atoms with Crippen LogP contribution in [0.4, 0.5) is 0 Å². The normalized spacial score (nSPS) is 9.38. The van der Waals surface area contributed by atoms with Crippen molar-refractivity contribution in [3.05, 3.63) is 79.4 Å². The molecule has 0 saturated carbocycles. The predicted molar refractivity (Wildman–Crippen MR) is 75.4 cm³/mol. The third kappa shape index (κ3) is 5.16. The maximum atomic E-state index is 4.00. The number of hydrogen-bond acceptors (Lipinski definition) is 0. The summed E-state index contributed by atoms with van der Waals surface area (Å²) < 4.78 is 0. The van der Waals surface area contributed by atoms with E-state index in [1.165, 1.54) is 5.56 Å². The summed E-state index contributed by atoms with van der Waals surface area (Å²) in [5.74, 6) is 0. The molecule has 0 amide bonds. The lowest BCUT2D eigenvalue weighted by Crippen LogP contribution is -1.79. The Labute approximate surface area is 99.3 Å². The first-order chi connectivity index (χ1) is 7.59. The molecule has 0 unspecified atom stereocenters. The van der Waals surface area contributed by atoms with E-state index < -0.39 is 0 Å². The van der Waals surface area contributed by atoms with Crippen LogP contribution in [0, 0.1) is 6.92 Å². The Balaban J connectivity index is 0.00000106. The van der Waals surface area contributed by atoms with Crippen molar-refractivity contribution in [2.24, 2.45) is 0 Å². The van der Waals surface area contributed by atoms with Gasteiger partial charge in [0.25, 0.3) is 0 Å². The van der Waals surface area contributed by atoms with E-state index >= 15 is 0 Å². The van der Waals surface area contributed by atoms with Crippen molar-refractivity contribution < 1.29 is 0 Å². The lowest BCUT2D eigenvalue weighted by molar-refractivity contribution is 1.45. The van der Waals surface area contributed by atoms with Gasteiger partial charge in [-0.15, -0.1) is 13.2 Å². The van der Waals surface area contributed by atoms with E-state index in [0.717, 1.165) is 16.7 Å². The van der Waals surface area contributed by atoms with E-state index in [9.17, 15) is 0 Å². The summed E-state index contributed by atoms with van der Waals surface area (Å²) >= 11 is 0. The molecule has 0 radical (unpaired) electrons. The maximum absolute atomic E-state index is 4.00. The minimum absolute atomic E-state index is 1.02. The van der Waals surface area contributed by atoms with Crippen LogP contribution in [0.5, 0.6) is 0 Å². The topological polar surface area (TPSA) is 0 Å². The number of allylic oxidation sites excluding steroid dienone is 4. The van der Waals surface area contributed by atoms with Gasteiger partial charge in [0.2, 0.25) is 0 Å². The zero-order chi connectivity index (χ0) is 12.6. The first kappa shape index (κ1) is 14.2. The summed E-state index contributed by atoms with van der Waals surface area (Å²) in [5, 5.41) is 0. The molecule has 0 heteroatoms. The van der Waals surface area contributed by atoms with Crippen LogP contribution in [0.2, 0.25) is 0 Å². The van der Waals surface area contributed by atoms with E-state index in [0.29, 0.717) is 0 Å². The SMILES string of the molecule is C=C.C=C(C)/C=C\C(=C)c1ccc(C)cc1. The highest BCUT2D eigenvalue weighted by Crippen LogP contribution is 2.14. The van der Waals surface area contributed by atoms with Crippen molar-refractivity contribution in [1.29, 1.82) is 0 Å². The molecule has 0 bridgehead atoms. The van der Waals surface area contributed by atoms with Crippen LogP contribution in [0.1, 0.15) is 18.1 Å². The summed E-state index contributed by atoms with van der Waals surface area (Å²) in [5.41, 5.74) is 4.49. The highest BCUT2D eigenvalue weighted by atomic mass is 14.0. The fraction of sp³-hybridized carbons (Fsp3) is 0.125. The van der Waals surface area contributed by atoms with Crippen LogP contribution in [-0.4, -0.2) is 0 Å². The molecule has 0 aliphatic rings. The molecular formula is C16H20. The Bertz CT molecular complexity index is 377. The molecule has 1 rings (SSSR count). The van der Waals surface area contributed by atoms with E-state index in [4.69, 9.17) is 0 Å². The molecule has 0 spiro atoms. The molecule has 0 fully saturated rings. The average Bonchev–Trinajstić information content (AvgIpc) is 2.29. The summed E-state index contributed by atoms with van der Waals surface area (Å²) in [7, 11) is 0. The molecule has 0 aliphatic carbocycles. The average molecular weight is 212 g/mol. The van der Waals surface area contributed by atoms with Crippen LogP contribution in [-0.2, 0) is 0 Å².